The minimum Gasteiger partial charge on any atom is -0.507 e. The highest BCUT2D eigenvalue weighted by atomic mass is 79.9. The van der Waals surface area contributed by atoms with Crippen molar-refractivity contribution in [1.29, 1.82) is 0 Å². The number of carbonyl (C=O) groups is 1. The second kappa shape index (κ2) is 7.21. The van der Waals surface area contributed by atoms with Crippen molar-refractivity contribution in [3.63, 3.8) is 0 Å². The third-order valence-corrected chi connectivity index (χ3v) is 4.64. The summed E-state index contributed by atoms with van der Waals surface area (Å²) in [6, 6.07) is 12.5. The number of phenolic OH excluding ortho intramolecular Hbond substituents is 1. The number of nitrogens with one attached hydrogen (secondary N) is 1. The normalized spacial score (nSPS) is 11.6. The third-order valence-electron chi connectivity index (χ3n) is 4.15. The minimum atomic E-state index is -0.483. The van der Waals surface area contributed by atoms with Crippen molar-refractivity contribution < 1.29 is 14.6 Å². The summed E-state index contributed by atoms with van der Waals surface area (Å²) in [5.74, 6) is 0.196. The van der Waals surface area contributed by atoms with Crippen LogP contribution in [-0.4, -0.2) is 28.4 Å². The zero-order valence-corrected chi connectivity index (χ0v) is 16.2. The lowest BCUT2D eigenvalue weighted by molar-refractivity contribution is 0.0952. The number of hydrogen-bond acceptors (Lipinski definition) is 4. The zero-order chi connectivity index (χ0) is 18.8. The molecule has 0 spiro atoms. The van der Waals surface area contributed by atoms with Crippen LogP contribution >= 0.6 is 15.9 Å². The topological polar surface area (TPSA) is 75.8 Å². The molecule has 0 aliphatic rings. The fourth-order valence-corrected chi connectivity index (χ4v) is 3.11. The van der Waals surface area contributed by atoms with Crippen LogP contribution in [0.4, 0.5) is 0 Å². The van der Waals surface area contributed by atoms with Gasteiger partial charge >= 0.3 is 0 Å². The number of fused-ring (bicyclic) bond motifs is 1. The molecule has 1 heterocycles. The van der Waals surface area contributed by atoms with Gasteiger partial charge in [-0.1, -0.05) is 15.9 Å². The summed E-state index contributed by atoms with van der Waals surface area (Å²) in [6.45, 7) is 1.81. The molecule has 0 bridgehead atoms. The molecule has 0 aliphatic carbocycles. The average Bonchev–Trinajstić information content (AvgIpc) is 2.97. The number of aromatic hydroxyl groups is 1. The van der Waals surface area contributed by atoms with Crippen molar-refractivity contribution in [1.82, 2.24) is 9.99 Å². The SMILES string of the molecule is COc1ccc2c(c1)cc(/C(C)=N/NC(=O)c1cc(Br)ccc1O)n2C. The Hall–Kier alpha value is -2.80. The lowest BCUT2D eigenvalue weighted by Gasteiger charge is -2.06. The molecule has 0 fully saturated rings. The summed E-state index contributed by atoms with van der Waals surface area (Å²) in [5.41, 5.74) is 5.19. The van der Waals surface area contributed by atoms with Crippen LogP contribution in [0.2, 0.25) is 0 Å². The van der Waals surface area contributed by atoms with E-state index < -0.39 is 5.91 Å². The second-order valence-electron chi connectivity index (χ2n) is 5.81. The Kier molecular flexibility index (Phi) is 4.99. The molecule has 0 atom stereocenters. The molecular weight excluding hydrogens is 398 g/mol. The van der Waals surface area contributed by atoms with Gasteiger partial charge in [-0.3, -0.25) is 4.79 Å². The van der Waals surface area contributed by atoms with Gasteiger partial charge in [0.2, 0.25) is 0 Å². The first kappa shape index (κ1) is 18.0. The van der Waals surface area contributed by atoms with Gasteiger partial charge in [-0.15, -0.1) is 0 Å². The molecule has 0 saturated heterocycles. The number of ether oxygens (including phenoxy) is 1. The Bertz CT molecular complexity index is 1020. The van der Waals surface area contributed by atoms with Gasteiger partial charge in [0.25, 0.3) is 5.91 Å². The first-order valence-corrected chi connectivity index (χ1v) is 8.67. The molecule has 1 amide bonds. The average molecular weight is 416 g/mol. The van der Waals surface area contributed by atoms with Gasteiger partial charge in [-0.2, -0.15) is 5.10 Å². The maximum absolute atomic E-state index is 12.3. The van der Waals surface area contributed by atoms with E-state index in [1.165, 1.54) is 6.07 Å². The third kappa shape index (κ3) is 3.43. The van der Waals surface area contributed by atoms with Crippen molar-refractivity contribution in [2.75, 3.05) is 7.11 Å². The standard InChI is InChI=1S/C19H18BrN3O3/c1-11(21-22-19(25)15-10-13(20)4-7-18(15)24)17-9-12-8-14(26-3)5-6-16(12)23(17)2/h4-10,24H,1-3H3,(H,22,25)/b21-11+. The highest BCUT2D eigenvalue weighted by Crippen LogP contribution is 2.24. The Morgan fingerprint density at radius 1 is 1.23 bits per heavy atom. The molecule has 6 nitrogen and oxygen atoms in total. The number of aryl methyl sites for hydroxylation is 1. The fraction of sp³-hybridized carbons (Fsp3) is 0.158. The first-order valence-electron chi connectivity index (χ1n) is 7.87. The van der Waals surface area contributed by atoms with E-state index in [9.17, 15) is 9.90 Å². The first-order chi connectivity index (χ1) is 12.4. The largest absolute Gasteiger partial charge is 0.507 e. The number of aromatic nitrogens is 1. The predicted octanol–water partition coefficient (Wildman–Crippen LogP) is 3.81. The molecule has 1 aromatic heterocycles. The summed E-state index contributed by atoms with van der Waals surface area (Å²) < 4.78 is 7.95. The van der Waals surface area contributed by atoms with E-state index in [-0.39, 0.29) is 11.3 Å². The number of methoxy groups -OCH3 is 1. The van der Waals surface area contributed by atoms with Crippen LogP contribution < -0.4 is 10.2 Å². The summed E-state index contributed by atoms with van der Waals surface area (Å²) in [7, 11) is 3.57. The summed E-state index contributed by atoms with van der Waals surface area (Å²) >= 11 is 3.28. The van der Waals surface area contributed by atoms with Crippen molar-refractivity contribution in [3.8, 4) is 11.5 Å². The molecule has 0 aliphatic heterocycles. The molecule has 0 unspecified atom stereocenters. The van der Waals surface area contributed by atoms with Crippen molar-refractivity contribution in [2.45, 2.75) is 6.92 Å². The van der Waals surface area contributed by atoms with Crippen LogP contribution in [0, 0.1) is 0 Å². The number of benzene rings is 2. The highest BCUT2D eigenvalue weighted by molar-refractivity contribution is 9.10. The number of hydrazone groups is 1. The van der Waals surface area contributed by atoms with Crippen LogP contribution in [0.5, 0.6) is 11.5 Å². The van der Waals surface area contributed by atoms with E-state index in [4.69, 9.17) is 4.74 Å². The highest BCUT2D eigenvalue weighted by Gasteiger charge is 2.13. The summed E-state index contributed by atoms with van der Waals surface area (Å²) in [4.78, 5) is 12.3. The molecule has 3 rings (SSSR count). The van der Waals surface area contributed by atoms with E-state index in [0.29, 0.717) is 10.2 Å². The monoisotopic (exact) mass is 415 g/mol. The van der Waals surface area contributed by atoms with Crippen LogP contribution in [0.25, 0.3) is 10.9 Å². The van der Waals surface area contributed by atoms with E-state index in [2.05, 4.69) is 26.5 Å². The van der Waals surface area contributed by atoms with Gasteiger partial charge in [0.05, 0.1) is 24.1 Å². The number of hydrogen-bond donors (Lipinski definition) is 2. The summed E-state index contributed by atoms with van der Waals surface area (Å²) in [6.07, 6.45) is 0. The zero-order valence-electron chi connectivity index (χ0n) is 14.6. The number of rotatable bonds is 4. The number of carbonyl (C=O) groups excluding carboxylic acids is 1. The Morgan fingerprint density at radius 3 is 2.73 bits per heavy atom. The molecule has 26 heavy (non-hydrogen) atoms. The second-order valence-corrected chi connectivity index (χ2v) is 6.73. The number of halogens is 1. The molecular formula is C19H18BrN3O3. The quantitative estimate of drug-likeness (QED) is 0.502. The minimum absolute atomic E-state index is 0.102. The van der Waals surface area contributed by atoms with Crippen molar-refractivity contribution in [2.24, 2.45) is 12.1 Å². The summed E-state index contributed by atoms with van der Waals surface area (Å²) in [5, 5.41) is 15.0. The van der Waals surface area contributed by atoms with Gasteiger partial charge < -0.3 is 14.4 Å². The smallest absolute Gasteiger partial charge is 0.275 e. The molecule has 0 radical (unpaired) electrons. The Labute approximate surface area is 159 Å². The lowest BCUT2D eigenvalue weighted by Crippen LogP contribution is -2.20. The van der Waals surface area contributed by atoms with Crippen LogP contribution in [0.1, 0.15) is 23.0 Å². The van der Waals surface area contributed by atoms with E-state index in [1.54, 1.807) is 19.2 Å². The van der Waals surface area contributed by atoms with E-state index >= 15 is 0 Å². The number of phenols is 1. The maximum atomic E-state index is 12.3. The van der Waals surface area contributed by atoms with Crippen LogP contribution in [0.3, 0.4) is 0 Å². The van der Waals surface area contributed by atoms with Gasteiger partial charge in [-0.05, 0) is 49.4 Å². The van der Waals surface area contributed by atoms with Crippen LogP contribution in [0.15, 0.2) is 52.0 Å². The Balaban J connectivity index is 1.88. The van der Waals surface area contributed by atoms with Gasteiger partial charge in [0, 0.05) is 22.4 Å². The molecule has 2 N–H and O–H groups in total. The van der Waals surface area contributed by atoms with E-state index in [1.807, 2.05) is 42.8 Å². The van der Waals surface area contributed by atoms with Crippen LogP contribution in [-0.2, 0) is 7.05 Å². The molecule has 2 aromatic carbocycles. The van der Waals surface area contributed by atoms with Crippen molar-refractivity contribution in [3.05, 3.63) is 58.2 Å². The molecule has 134 valence electrons. The van der Waals surface area contributed by atoms with E-state index in [0.717, 1.165) is 22.3 Å². The number of nitrogens with zero attached hydrogens (tertiary/aromatic N) is 2. The fourth-order valence-electron chi connectivity index (χ4n) is 2.74. The van der Waals surface area contributed by atoms with Gasteiger partial charge in [0.1, 0.15) is 11.5 Å². The van der Waals surface area contributed by atoms with Gasteiger partial charge in [-0.25, -0.2) is 5.43 Å². The van der Waals surface area contributed by atoms with Gasteiger partial charge in [0.15, 0.2) is 0 Å². The predicted molar refractivity (Wildman–Crippen MR) is 105 cm³/mol. The number of amides is 1. The molecule has 0 saturated carbocycles. The maximum Gasteiger partial charge on any atom is 0.275 e. The lowest BCUT2D eigenvalue weighted by atomic mass is 10.2. The molecule has 3 aromatic rings. The Morgan fingerprint density at radius 2 is 2.00 bits per heavy atom. The van der Waals surface area contributed by atoms with Crippen molar-refractivity contribution >= 4 is 38.5 Å². The molecule has 7 heteroatoms.